The minimum atomic E-state index is -5.65. The Hall–Kier alpha value is -4.31. The molecule has 1 saturated heterocycles. The number of carbonyl (C=O) groups is 3. The van der Waals surface area contributed by atoms with E-state index in [0.717, 1.165) is 54.3 Å². The molecule has 0 unspecified atom stereocenters. The molecule has 3 heterocycles. The molecule has 0 radical (unpaired) electrons. The summed E-state index contributed by atoms with van der Waals surface area (Å²) < 4.78 is 145. The van der Waals surface area contributed by atoms with Crippen LogP contribution in [0.5, 0.6) is 5.75 Å². The highest BCUT2D eigenvalue weighted by molar-refractivity contribution is 7.85. The summed E-state index contributed by atoms with van der Waals surface area (Å²) in [5, 5.41) is 4.40. The van der Waals surface area contributed by atoms with Crippen molar-refractivity contribution in [3.8, 4) is 5.75 Å². The number of aliphatic imine (C=N–C) groups is 1. The van der Waals surface area contributed by atoms with Crippen molar-refractivity contribution in [2.45, 2.75) is 57.4 Å². The number of nitrogens with zero attached hydrogens (tertiary/aromatic N) is 3. The molecule has 448 valence electrons. The van der Waals surface area contributed by atoms with E-state index in [4.69, 9.17) is 62.5 Å². The standard InChI is InChI=1S/C50H75F4N5O18S2/c1-3-9-59(76-4-2)50(62)37-32-40-39(57-41(55)33-37)34-38(78-40)35-58-10-5-36(6-11-58)49(61)56-8-13-67-15-17-69-19-21-71-23-25-73-27-29-75-31-30-74-28-26-72-24-22-70-20-18-68-16-14-66-12-7-42(60)77-47-43(51)45(53)48(79(63,64)65)46(54)44(47)52/h32,34,36H,3-31,33,35H2,1-2H3,(H2,55,57)(H,56,61)(H,63,64,65). The normalized spacial score (nSPS) is 14.2. The van der Waals surface area contributed by atoms with Gasteiger partial charge >= 0.3 is 16.1 Å². The highest BCUT2D eigenvalue weighted by Gasteiger charge is 2.34. The molecule has 1 aromatic heterocycles. The maximum Gasteiger partial charge on any atom is 0.313 e. The zero-order chi connectivity index (χ0) is 57.3. The molecule has 2 aromatic rings. The lowest BCUT2D eigenvalue weighted by atomic mass is 9.96. The summed E-state index contributed by atoms with van der Waals surface area (Å²) in [5.41, 5.74) is 7.55. The summed E-state index contributed by atoms with van der Waals surface area (Å²) in [6.45, 7) is 13.7. The van der Waals surface area contributed by atoms with Crippen LogP contribution in [0.2, 0.25) is 0 Å². The Morgan fingerprint density at radius 1 is 0.722 bits per heavy atom. The first-order valence-corrected chi connectivity index (χ1v) is 28.3. The molecule has 4 rings (SSSR count). The van der Waals surface area contributed by atoms with Gasteiger partial charge in [0.1, 0.15) is 5.84 Å². The monoisotopic (exact) mass is 1170 g/mol. The van der Waals surface area contributed by atoms with E-state index in [-0.39, 0.29) is 57.2 Å². The van der Waals surface area contributed by atoms with E-state index in [1.54, 1.807) is 11.3 Å². The predicted molar refractivity (Wildman–Crippen MR) is 277 cm³/mol. The summed E-state index contributed by atoms with van der Waals surface area (Å²) in [4.78, 5) is 50.2. The van der Waals surface area contributed by atoms with Crippen LogP contribution < -0.4 is 15.8 Å². The Balaban J connectivity index is 0.837. The van der Waals surface area contributed by atoms with Gasteiger partial charge in [-0.3, -0.25) is 28.7 Å². The third kappa shape index (κ3) is 25.6. The van der Waals surface area contributed by atoms with Crippen molar-refractivity contribution in [2.75, 3.05) is 165 Å². The van der Waals surface area contributed by atoms with Crippen LogP contribution in [0.1, 0.15) is 55.7 Å². The van der Waals surface area contributed by atoms with Crippen LogP contribution >= 0.6 is 11.3 Å². The molecule has 23 nitrogen and oxygen atoms in total. The molecule has 0 spiro atoms. The topological polar surface area (TPSA) is 273 Å². The summed E-state index contributed by atoms with van der Waals surface area (Å²) in [7, 11) is -5.65. The van der Waals surface area contributed by atoms with Gasteiger partial charge in [0.25, 0.3) is 5.91 Å². The summed E-state index contributed by atoms with van der Waals surface area (Å²) in [6.07, 6.45) is 3.88. The Morgan fingerprint density at radius 2 is 1.18 bits per heavy atom. The van der Waals surface area contributed by atoms with Crippen LogP contribution in [-0.2, 0) is 83.3 Å². The number of nitrogens with two attached hydrogens (primary N) is 1. The second kappa shape index (κ2) is 38.4. The number of halogens is 4. The Morgan fingerprint density at radius 3 is 1.62 bits per heavy atom. The number of hydroxylamine groups is 2. The number of carbonyl (C=O) groups excluding carboxylic acids is 3. The van der Waals surface area contributed by atoms with Crippen LogP contribution in [0, 0.1) is 29.2 Å². The molecular formula is C50H75F4N5O18S2. The fourth-order valence-electron chi connectivity index (χ4n) is 7.47. The Kier molecular flexibility index (Phi) is 32.7. The number of amidine groups is 1. The van der Waals surface area contributed by atoms with Crippen molar-refractivity contribution in [1.29, 1.82) is 0 Å². The molecule has 1 fully saturated rings. The number of piperidine rings is 1. The van der Waals surface area contributed by atoms with Crippen molar-refractivity contribution >= 4 is 56.8 Å². The number of thiophene rings is 1. The number of likely N-dealkylation sites (tertiary alicyclic amines) is 1. The molecule has 2 aliphatic heterocycles. The third-order valence-electron chi connectivity index (χ3n) is 11.3. The molecule has 0 saturated carbocycles. The van der Waals surface area contributed by atoms with Gasteiger partial charge in [0.15, 0.2) is 16.5 Å². The van der Waals surface area contributed by atoms with Crippen molar-refractivity contribution < 1.29 is 102 Å². The van der Waals surface area contributed by atoms with Crippen molar-refractivity contribution in [3.63, 3.8) is 0 Å². The number of esters is 1. The maximum absolute atomic E-state index is 14.0. The van der Waals surface area contributed by atoms with E-state index >= 15 is 0 Å². The zero-order valence-electron chi connectivity index (χ0n) is 44.8. The maximum atomic E-state index is 14.0. The average Bonchev–Trinajstić information content (AvgIpc) is 3.72. The van der Waals surface area contributed by atoms with E-state index in [0.29, 0.717) is 130 Å². The SMILES string of the molecule is CCCN(OCC)C(=O)C1=Cc2sc(CN3CCC(C(=O)NCCOCCOCCOCCOCCOCCOCCOCCOCCOCCOCCC(=O)Oc4c(F)c(F)c(S(=O)(=O)O)c(F)c4F)CC3)cc2N=C(N)C1. The Bertz CT molecular complexity index is 2290. The van der Waals surface area contributed by atoms with Gasteiger partial charge < -0.3 is 63.2 Å². The molecule has 29 heteroatoms. The van der Waals surface area contributed by atoms with Crippen molar-refractivity contribution in [3.05, 3.63) is 44.7 Å². The fourth-order valence-corrected chi connectivity index (χ4v) is 9.21. The largest absolute Gasteiger partial charge is 0.420 e. The lowest BCUT2D eigenvalue weighted by Gasteiger charge is -2.30. The first kappa shape index (κ1) is 67.2. The van der Waals surface area contributed by atoms with Crippen LogP contribution in [0.15, 0.2) is 21.5 Å². The van der Waals surface area contributed by atoms with Crippen LogP contribution in [-0.4, -0.2) is 211 Å². The molecule has 0 bridgehead atoms. The second-order valence-electron chi connectivity index (χ2n) is 17.3. The molecule has 1 aromatic carbocycles. The van der Waals surface area contributed by atoms with Gasteiger partial charge in [0, 0.05) is 42.4 Å². The lowest BCUT2D eigenvalue weighted by molar-refractivity contribution is -0.180. The number of amides is 2. The molecule has 2 amide bonds. The van der Waals surface area contributed by atoms with E-state index in [1.807, 2.05) is 26.0 Å². The minimum absolute atomic E-state index is 0.0196. The molecule has 2 aliphatic rings. The van der Waals surface area contributed by atoms with Crippen LogP contribution in [0.3, 0.4) is 0 Å². The van der Waals surface area contributed by atoms with Gasteiger partial charge in [-0.15, -0.1) is 11.3 Å². The number of hydrogen-bond acceptors (Lipinski definition) is 21. The number of nitrogens with one attached hydrogen (secondary N) is 1. The number of benzene rings is 1. The van der Waals surface area contributed by atoms with Gasteiger partial charge in [-0.25, -0.2) is 18.8 Å². The molecule has 4 N–H and O–H groups in total. The average molecular weight is 1170 g/mol. The summed E-state index contributed by atoms with van der Waals surface area (Å²) >= 11 is 1.61. The number of hydrogen-bond donors (Lipinski definition) is 3. The number of ether oxygens (including phenoxy) is 11. The third-order valence-corrected chi connectivity index (χ3v) is 13.2. The van der Waals surface area contributed by atoms with E-state index in [1.165, 1.54) is 5.06 Å². The molecule has 0 aliphatic carbocycles. The molecular weight excluding hydrogens is 1100 g/mol. The highest BCUT2D eigenvalue weighted by Crippen LogP contribution is 2.36. The minimum Gasteiger partial charge on any atom is -0.420 e. The number of fused-ring (bicyclic) bond motifs is 1. The predicted octanol–water partition coefficient (Wildman–Crippen LogP) is 4.01. The second-order valence-corrected chi connectivity index (χ2v) is 19.8. The van der Waals surface area contributed by atoms with Gasteiger partial charge in [0.2, 0.25) is 23.3 Å². The highest BCUT2D eigenvalue weighted by atomic mass is 32.2. The summed E-state index contributed by atoms with van der Waals surface area (Å²) in [5.74, 6) is -12.5. The fraction of sp³-hybridized carbons (Fsp3) is 0.680. The molecule has 0 atom stereocenters. The zero-order valence-corrected chi connectivity index (χ0v) is 46.4. The lowest BCUT2D eigenvalue weighted by Crippen LogP contribution is -2.41. The summed E-state index contributed by atoms with van der Waals surface area (Å²) in [6, 6.07) is 2.04. The van der Waals surface area contributed by atoms with E-state index in [9.17, 15) is 40.4 Å². The van der Waals surface area contributed by atoms with Gasteiger partial charge in [-0.2, -0.15) is 17.2 Å². The quantitative estimate of drug-likeness (QED) is 0.0161. The van der Waals surface area contributed by atoms with E-state index < -0.39 is 56.4 Å². The van der Waals surface area contributed by atoms with Crippen molar-refractivity contribution in [2.24, 2.45) is 16.6 Å². The number of rotatable bonds is 43. The first-order chi connectivity index (χ1) is 38.1. The van der Waals surface area contributed by atoms with Crippen LogP contribution in [0.25, 0.3) is 6.08 Å². The van der Waals surface area contributed by atoms with Crippen molar-refractivity contribution in [1.82, 2.24) is 15.3 Å². The first-order valence-electron chi connectivity index (χ1n) is 26.1. The van der Waals surface area contributed by atoms with Crippen LogP contribution in [0.4, 0.5) is 23.2 Å². The Labute approximate surface area is 461 Å². The van der Waals surface area contributed by atoms with Gasteiger partial charge in [-0.1, -0.05) is 6.92 Å². The van der Waals surface area contributed by atoms with E-state index in [2.05, 4.69) is 19.9 Å². The van der Waals surface area contributed by atoms with Gasteiger partial charge in [-0.05, 0) is 51.4 Å². The smallest absolute Gasteiger partial charge is 0.313 e. The molecule has 79 heavy (non-hydrogen) atoms. The van der Waals surface area contributed by atoms with Gasteiger partial charge in [0.05, 0.1) is 156 Å².